The second-order valence-electron chi connectivity index (χ2n) is 4.02. The molecule has 0 unspecified atom stereocenters. The first kappa shape index (κ1) is 15.0. The molecule has 0 atom stereocenters. The molecule has 0 bridgehead atoms. The van der Waals surface area contributed by atoms with Gasteiger partial charge in [-0.05, 0) is 31.5 Å². The van der Waals surface area contributed by atoms with Crippen molar-refractivity contribution in [2.75, 3.05) is 19.8 Å². The van der Waals surface area contributed by atoms with Crippen LogP contribution in [-0.4, -0.2) is 31.6 Å². The molecule has 104 valence electrons. The van der Waals surface area contributed by atoms with Crippen LogP contribution in [0.5, 0.6) is 5.75 Å². The molecule has 1 rings (SSSR count). The number of rotatable bonds is 7. The number of carbonyl (C=O) groups excluding carboxylic acids is 2. The highest BCUT2D eigenvalue weighted by molar-refractivity contribution is 5.78. The topological polar surface area (TPSA) is 64.6 Å². The normalized spacial score (nSPS) is 9.79. The third-order valence-electron chi connectivity index (χ3n) is 2.29. The van der Waals surface area contributed by atoms with Crippen molar-refractivity contribution in [1.82, 2.24) is 5.32 Å². The van der Waals surface area contributed by atoms with Gasteiger partial charge in [0.15, 0.2) is 0 Å². The lowest BCUT2D eigenvalue weighted by atomic mass is 10.1. The third kappa shape index (κ3) is 6.45. The molecule has 1 N–H and O–H groups in total. The van der Waals surface area contributed by atoms with Crippen molar-refractivity contribution in [3.63, 3.8) is 0 Å². The van der Waals surface area contributed by atoms with Gasteiger partial charge in [0.1, 0.15) is 18.1 Å². The van der Waals surface area contributed by atoms with Gasteiger partial charge in [-0.2, -0.15) is 0 Å². The molecule has 5 nitrogen and oxygen atoms in total. The van der Waals surface area contributed by atoms with Crippen molar-refractivity contribution in [3.05, 3.63) is 29.8 Å². The minimum atomic E-state index is -0.442. The molecule has 1 amide bonds. The Morgan fingerprint density at radius 3 is 2.47 bits per heavy atom. The van der Waals surface area contributed by atoms with Crippen LogP contribution < -0.4 is 10.1 Å². The molecule has 0 spiro atoms. The number of ketones is 1. The Balaban J connectivity index is 2.26. The van der Waals surface area contributed by atoms with E-state index in [0.717, 1.165) is 5.56 Å². The van der Waals surface area contributed by atoms with E-state index in [1.54, 1.807) is 13.8 Å². The van der Waals surface area contributed by atoms with Gasteiger partial charge in [-0.15, -0.1) is 0 Å². The zero-order valence-electron chi connectivity index (χ0n) is 11.3. The lowest BCUT2D eigenvalue weighted by Gasteiger charge is -2.08. The van der Waals surface area contributed by atoms with Gasteiger partial charge in [-0.1, -0.05) is 12.1 Å². The smallest absolute Gasteiger partial charge is 0.407 e. The van der Waals surface area contributed by atoms with Crippen LogP contribution in [0.25, 0.3) is 0 Å². The maximum Gasteiger partial charge on any atom is 0.407 e. The number of amides is 1. The molecular weight excluding hydrogens is 246 g/mol. The van der Waals surface area contributed by atoms with Gasteiger partial charge in [0.25, 0.3) is 0 Å². The van der Waals surface area contributed by atoms with Crippen LogP contribution in [0.3, 0.4) is 0 Å². The standard InChI is InChI=1S/C14H19NO4/c1-3-18-14(17)15-8-9-19-13-6-4-12(5-7-13)10-11(2)16/h4-7H,3,8-10H2,1-2H3,(H,15,17). The van der Waals surface area contributed by atoms with E-state index in [-0.39, 0.29) is 5.78 Å². The molecule has 19 heavy (non-hydrogen) atoms. The van der Waals surface area contributed by atoms with Crippen LogP contribution in [0.1, 0.15) is 19.4 Å². The summed E-state index contributed by atoms with van der Waals surface area (Å²) in [6.45, 7) is 4.41. The van der Waals surface area contributed by atoms with E-state index in [0.29, 0.717) is 31.9 Å². The second-order valence-corrected chi connectivity index (χ2v) is 4.02. The molecule has 0 aliphatic carbocycles. The highest BCUT2D eigenvalue weighted by Gasteiger charge is 2.00. The predicted molar refractivity (Wildman–Crippen MR) is 71.3 cm³/mol. The van der Waals surface area contributed by atoms with Gasteiger partial charge >= 0.3 is 6.09 Å². The van der Waals surface area contributed by atoms with E-state index in [2.05, 4.69) is 5.32 Å². The average Bonchev–Trinajstić information content (AvgIpc) is 2.36. The number of carbonyl (C=O) groups is 2. The van der Waals surface area contributed by atoms with Crippen molar-refractivity contribution < 1.29 is 19.1 Å². The minimum Gasteiger partial charge on any atom is -0.492 e. The maximum atomic E-state index is 11.0. The van der Waals surface area contributed by atoms with Crippen molar-refractivity contribution in [2.45, 2.75) is 20.3 Å². The van der Waals surface area contributed by atoms with E-state index in [1.165, 1.54) is 0 Å². The number of Topliss-reactive ketones (excluding diaryl/α,β-unsaturated/α-hetero) is 1. The number of hydrogen-bond acceptors (Lipinski definition) is 4. The molecule has 0 heterocycles. The van der Waals surface area contributed by atoms with Gasteiger partial charge in [-0.3, -0.25) is 4.79 Å². The molecule has 1 aromatic carbocycles. The molecule has 0 aliphatic rings. The molecule has 0 aliphatic heterocycles. The summed E-state index contributed by atoms with van der Waals surface area (Å²) in [6.07, 6.45) is -0.00654. The van der Waals surface area contributed by atoms with Gasteiger partial charge in [0.2, 0.25) is 0 Å². The Morgan fingerprint density at radius 2 is 1.89 bits per heavy atom. The Kier molecular flexibility index (Phi) is 6.43. The number of alkyl carbamates (subject to hydrolysis) is 1. The first-order chi connectivity index (χ1) is 9.11. The van der Waals surface area contributed by atoms with Gasteiger partial charge < -0.3 is 14.8 Å². The predicted octanol–water partition coefficient (Wildman–Crippen LogP) is 1.94. The van der Waals surface area contributed by atoms with Gasteiger partial charge in [-0.25, -0.2) is 4.79 Å². The largest absolute Gasteiger partial charge is 0.492 e. The van der Waals surface area contributed by atoms with E-state index in [1.807, 2.05) is 24.3 Å². The van der Waals surface area contributed by atoms with E-state index in [9.17, 15) is 9.59 Å². The Bertz CT molecular complexity index is 414. The summed E-state index contributed by atoms with van der Waals surface area (Å²) in [5.41, 5.74) is 0.962. The highest BCUT2D eigenvalue weighted by atomic mass is 16.5. The van der Waals surface area contributed by atoms with Crippen LogP contribution >= 0.6 is 0 Å². The minimum absolute atomic E-state index is 0.132. The molecule has 5 heteroatoms. The second kappa shape index (κ2) is 8.13. The molecular formula is C14H19NO4. The van der Waals surface area contributed by atoms with Crippen LogP contribution in [-0.2, 0) is 16.0 Å². The summed E-state index contributed by atoms with van der Waals surface area (Å²) in [5.74, 6) is 0.838. The SMILES string of the molecule is CCOC(=O)NCCOc1ccc(CC(C)=O)cc1. The van der Waals surface area contributed by atoms with Crippen LogP contribution in [0.15, 0.2) is 24.3 Å². The monoisotopic (exact) mass is 265 g/mol. The summed E-state index contributed by atoms with van der Waals surface area (Å²) in [4.78, 5) is 21.9. The van der Waals surface area contributed by atoms with E-state index in [4.69, 9.17) is 9.47 Å². The summed E-state index contributed by atoms with van der Waals surface area (Å²) in [7, 11) is 0. The first-order valence-electron chi connectivity index (χ1n) is 6.23. The molecule has 0 aromatic heterocycles. The fraction of sp³-hybridized carbons (Fsp3) is 0.429. The molecule has 0 radical (unpaired) electrons. The van der Waals surface area contributed by atoms with Crippen LogP contribution in [0, 0.1) is 0 Å². The summed E-state index contributed by atoms with van der Waals surface area (Å²) in [5, 5.41) is 2.56. The fourth-order valence-electron chi connectivity index (χ4n) is 1.50. The molecule has 0 saturated heterocycles. The summed E-state index contributed by atoms with van der Waals surface area (Å²) >= 11 is 0. The van der Waals surface area contributed by atoms with Crippen molar-refractivity contribution >= 4 is 11.9 Å². The Labute approximate surface area is 112 Å². The van der Waals surface area contributed by atoms with E-state index >= 15 is 0 Å². The molecule has 0 fully saturated rings. The zero-order chi connectivity index (χ0) is 14.1. The van der Waals surface area contributed by atoms with E-state index < -0.39 is 6.09 Å². The third-order valence-corrected chi connectivity index (χ3v) is 2.29. The highest BCUT2D eigenvalue weighted by Crippen LogP contribution is 2.12. The first-order valence-corrected chi connectivity index (χ1v) is 6.23. The summed E-state index contributed by atoms with van der Waals surface area (Å²) in [6, 6.07) is 7.33. The summed E-state index contributed by atoms with van der Waals surface area (Å²) < 4.78 is 10.1. The zero-order valence-corrected chi connectivity index (χ0v) is 11.3. The lowest BCUT2D eigenvalue weighted by Crippen LogP contribution is -2.28. The maximum absolute atomic E-state index is 11.0. The van der Waals surface area contributed by atoms with Crippen molar-refractivity contribution in [3.8, 4) is 5.75 Å². The average molecular weight is 265 g/mol. The van der Waals surface area contributed by atoms with Crippen LogP contribution in [0.2, 0.25) is 0 Å². The fourth-order valence-corrected chi connectivity index (χ4v) is 1.50. The number of ether oxygens (including phenoxy) is 2. The lowest BCUT2D eigenvalue weighted by molar-refractivity contribution is -0.116. The van der Waals surface area contributed by atoms with Gasteiger partial charge in [0.05, 0.1) is 13.2 Å². The molecule has 0 saturated carbocycles. The molecule has 1 aromatic rings. The van der Waals surface area contributed by atoms with Crippen LogP contribution in [0.4, 0.5) is 4.79 Å². The van der Waals surface area contributed by atoms with Gasteiger partial charge in [0, 0.05) is 6.42 Å². The quantitative estimate of drug-likeness (QED) is 0.765. The van der Waals surface area contributed by atoms with Crippen molar-refractivity contribution in [1.29, 1.82) is 0 Å². The van der Waals surface area contributed by atoms with Crippen molar-refractivity contribution in [2.24, 2.45) is 0 Å². The number of hydrogen-bond donors (Lipinski definition) is 1. The number of nitrogens with one attached hydrogen (secondary N) is 1. The number of benzene rings is 1. The Morgan fingerprint density at radius 1 is 1.21 bits per heavy atom. The Hall–Kier alpha value is -2.04.